The molecule has 1 aromatic heterocycles. The van der Waals surface area contributed by atoms with Crippen molar-refractivity contribution in [2.45, 2.75) is 104 Å². The number of allylic oxidation sites excluding steroid dienone is 1. The van der Waals surface area contributed by atoms with E-state index in [0.717, 1.165) is 10.1 Å². The number of ketones is 2. The van der Waals surface area contributed by atoms with E-state index >= 15 is 0 Å². The highest BCUT2D eigenvalue weighted by atomic mass is 28.4. The third-order valence-electron chi connectivity index (χ3n) is 9.45. The Kier molecular flexibility index (Phi) is 7.81. The van der Waals surface area contributed by atoms with Crippen molar-refractivity contribution in [3.8, 4) is 17.2 Å². The second-order valence-corrected chi connectivity index (χ2v) is 18.8. The van der Waals surface area contributed by atoms with Gasteiger partial charge in [0.15, 0.2) is 11.6 Å². The molecule has 3 aromatic rings. The predicted octanol–water partition coefficient (Wildman–Crippen LogP) is 6.46. The van der Waals surface area contributed by atoms with Crippen LogP contribution in [0.4, 0.5) is 0 Å². The van der Waals surface area contributed by atoms with Gasteiger partial charge < -0.3 is 9.16 Å². The molecule has 10 heteroatoms. The minimum atomic E-state index is -2.42. The first-order chi connectivity index (χ1) is 20.5. The molecule has 0 radical (unpaired) electrons. The van der Waals surface area contributed by atoms with Gasteiger partial charge in [0, 0.05) is 17.2 Å². The van der Waals surface area contributed by atoms with Crippen LogP contribution in [0, 0.1) is 0 Å². The highest BCUT2D eigenvalue weighted by Crippen LogP contribution is 2.50. The predicted molar refractivity (Wildman–Crippen MR) is 173 cm³/mol. The average molecular weight is 618 g/mol. The molecular formula is C34H43N3O6Si. The van der Waals surface area contributed by atoms with Crippen LogP contribution in [0.25, 0.3) is 5.69 Å². The molecule has 1 atom stereocenters. The van der Waals surface area contributed by atoms with E-state index in [1.165, 1.54) is 23.2 Å². The molecule has 0 saturated heterocycles. The van der Waals surface area contributed by atoms with Gasteiger partial charge in [0.1, 0.15) is 23.1 Å². The monoisotopic (exact) mass is 617 g/mol. The Morgan fingerprint density at radius 1 is 0.909 bits per heavy atom. The molecule has 0 aliphatic carbocycles. The molecule has 234 valence electrons. The molecule has 9 nitrogen and oxygen atoms in total. The second-order valence-electron chi connectivity index (χ2n) is 13.5. The van der Waals surface area contributed by atoms with E-state index in [0.29, 0.717) is 50.5 Å². The lowest BCUT2D eigenvalue weighted by atomic mass is 9.82. The summed E-state index contributed by atoms with van der Waals surface area (Å²) in [7, 11) is -2.42. The van der Waals surface area contributed by atoms with Crippen LogP contribution in [0.15, 0.2) is 57.6 Å². The summed E-state index contributed by atoms with van der Waals surface area (Å²) >= 11 is 0. The number of ether oxygens (including phenoxy) is 1. The number of aromatic nitrogens is 3. The number of hydrogen-bond donors (Lipinski definition) is 0. The van der Waals surface area contributed by atoms with Crippen molar-refractivity contribution in [3.63, 3.8) is 0 Å². The van der Waals surface area contributed by atoms with Crippen molar-refractivity contribution < 1.29 is 18.8 Å². The number of rotatable bonds is 8. The molecule has 0 saturated carbocycles. The summed E-state index contributed by atoms with van der Waals surface area (Å²) in [5, 5.41) is 0. The molecule has 2 aliphatic rings. The van der Waals surface area contributed by atoms with E-state index < -0.39 is 31.3 Å². The van der Waals surface area contributed by atoms with E-state index in [2.05, 4.69) is 41.5 Å². The molecule has 3 heterocycles. The van der Waals surface area contributed by atoms with Crippen LogP contribution in [0.3, 0.4) is 0 Å². The summed E-state index contributed by atoms with van der Waals surface area (Å²) in [4.78, 5) is 52.8. The smallest absolute Gasteiger partial charge is 0.352 e. The third kappa shape index (κ3) is 4.74. The van der Waals surface area contributed by atoms with E-state index in [1.807, 2.05) is 26.0 Å². The molecule has 2 aromatic carbocycles. The third-order valence-corrected chi connectivity index (χ3v) is 15.4. The van der Waals surface area contributed by atoms with Crippen LogP contribution in [0.2, 0.25) is 16.6 Å². The molecule has 0 fully saturated rings. The van der Waals surface area contributed by atoms with Gasteiger partial charge in [-0.1, -0.05) is 47.6 Å². The zero-order valence-corrected chi connectivity index (χ0v) is 28.3. The zero-order valence-electron chi connectivity index (χ0n) is 27.3. The van der Waals surface area contributed by atoms with Crippen LogP contribution in [-0.4, -0.2) is 39.4 Å². The van der Waals surface area contributed by atoms with E-state index in [-0.39, 0.29) is 18.1 Å². The number of nitrogens with zero attached hydrogens (tertiary/aromatic N) is 3. The Labute approximate surface area is 259 Å². The molecule has 0 spiro atoms. The summed E-state index contributed by atoms with van der Waals surface area (Å²) in [5.41, 5.74) is 1.82. The highest BCUT2D eigenvalue weighted by molar-refractivity contribution is 6.78. The molecular weight excluding hydrogens is 574 g/mol. The molecule has 44 heavy (non-hydrogen) atoms. The normalized spacial score (nSPS) is 17.1. The van der Waals surface area contributed by atoms with Crippen molar-refractivity contribution in [1.29, 1.82) is 0 Å². The number of hydrogen-bond acceptors (Lipinski definition) is 6. The first-order valence-electron chi connectivity index (χ1n) is 15.4. The minimum absolute atomic E-state index is 0.105. The van der Waals surface area contributed by atoms with Crippen LogP contribution in [-0.2, 0) is 6.54 Å². The van der Waals surface area contributed by atoms with Crippen LogP contribution in [0.1, 0.15) is 102 Å². The summed E-state index contributed by atoms with van der Waals surface area (Å²) in [5.74, 6) is 0.765. The van der Waals surface area contributed by atoms with E-state index in [1.54, 1.807) is 30.3 Å². The summed E-state index contributed by atoms with van der Waals surface area (Å²) in [6.45, 7) is 20.2. The molecule has 0 bridgehead atoms. The van der Waals surface area contributed by atoms with Crippen molar-refractivity contribution in [2.75, 3.05) is 0 Å². The SMILES string of the molecule is CC(=O)c1ccc(-n2c(=O)n3n(c2=O)C2C(=CC3)C(C)(C)Oc3cc(O[Si](C(C)C)(C(C)C)C(C)C)c(C(C)=O)cc32)cc1. The Morgan fingerprint density at radius 2 is 1.50 bits per heavy atom. The quantitative estimate of drug-likeness (QED) is 0.163. The Morgan fingerprint density at radius 3 is 2.02 bits per heavy atom. The number of benzene rings is 2. The fourth-order valence-corrected chi connectivity index (χ4v) is 12.7. The minimum Gasteiger partial charge on any atom is -0.542 e. The van der Waals surface area contributed by atoms with Gasteiger partial charge >= 0.3 is 11.4 Å². The summed E-state index contributed by atoms with van der Waals surface area (Å²) in [6.07, 6.45) is 1.93. The Bertz CT molecular complexity index is 1780. The van der Waals surface area contributed by atoms with Crippen molar-refractivity contribution in [1.82, 2.24) is 13.9 Å². The van der Waals surface area contributed by atoms with Gasteiger partial charge in [0.05, 0.1) is 17.8 Å². The lowest BCUT2D eigenvalue weighted by molar-refractivity contribution is 0.100. The van der Waals surface area contributed by atoms with Crippen molar-refractivity contribution in [3.05, 3.63) is 85.7 Å². The van der Waals surface area contributed by atoms with Gasteiger partial charge in [-0.05, 0) is 80.2 Å². The number of carbonyl (C=O) groups is 2. The fraction of sp³-hybridized carbons (Fsp3) is 0.471. The van der Waals surface area contributed by atoms with Gasteiger partial charge in [-0.2, -0.15) is 0 Å². The van der Waals surface area contributed by atoms with Gasteiger partial charge in [0.25, 0.3) is 8.32 Å². The summed E-state index contributed by atoms with van der Waals surface area (Å²) < 4.78 is 17.6. The Hall–Kier alpha value is -3.92. The largest absolute Gasteiger partial charge is 0.542 e. The van der Waals surface area contributed by atoms with Gasteiger partial charge in [-0.25, -0.2) is 23.5 Å². The van der Waals surface area contributed by atoms with Gasteiger partial charge in [-0.3, -0.25) is 9.59 Å². The standard InChI is InChI=1S/C34H43N3O6Si/c1-19(2)44(20(3)4,21(5)6)43-30-18-29-27(17-26(30)23(8)39)31-28(34(9,10)42-29)15-16-35-32(40)36(33(41)37(31)35)25-13-11-24(12-14-25)22(7)38/h11-15,17-21,31H,16H2,1-10H3. The molecule has 1 unspecified atom stereocenters. The van der Waals surface area contributed by atoms with E-state index in [9.17, 15) is 19.2 Å². The number of Topliss-reactive ketones (excluding diaryl/α,β-unsaturated/α-hetero) is 2. The topological polar surface area (TPSA) is 102 Å². The Balaban J connectivity index is 1.73. The fourth-order valence-electron chi connectivity index (χ4n) is 7.40. The molecule has 0 N–H and O–H groups in total. The average Bonchev–Trinajstić information content (AvgIpc) is 3.19. The van der Waals surface area contributed by atoms with Gasteiger partial charge in [-0.15, -0.1) is 0 Å². The number of fused-ring (bicyclic) bond motifs is 5. The van der Waals surface area contributed by atoms with E-state index in [4.69, 9.17) is 9.16 Å². The maximum absolute atomic E-state index is 14.1. The first-order valence-corrected chi connectivity index (χ1v) is 17.5. The maximum Gasteiger partial charge on any atom is 0.352 e. The van der Waals surface area contributed by atoms with Crippen LogP contribution in [0.5, 0.6) is 11.5 Å². The van der Waals surface area contributed by atoms with Crippen LogP contribution < -0.4 is 20.5 Å². The lowest BCUT2D eigenvalue weighted by Gasteiger charge is -2.44. The van der Waals surface area contributed by atoms with Crippen molar-refractivity contribution >= 4 is 19.9 Å². The zero-order chi connectivity index (χ0) is 32.5. The van der Waals surface area contributed by atoms with Crippen molar-refractivity contribution in [2.24, 2.45) is 0 Å². The summed E-state index contributed by atoms with van der Waals surface area (Å²) in [6, 6.07) is 9.36. The second kappa shape index (κ2) is 10.9. The highest BCUT2D eigenvalue weighted by Gasteiger charge is 2.49. The molecule has 0 amide bonds. The van der Waals surface area contributed by atoms with Crippen LogP contribution >= 0.6 is 0 Å². The lowest BCUT2D eigenvalue weighted by Crippen LogP contribution is -2.51. The maximum atomic E-state index is 14.1. The molecule has 5 rings (SSSR count). The molecule has 2 aliphatic heterocycles. The number of carbonyl (C=O) groups excluding carboxylic acids is 2. The first kappa shape index (κ1) is 31.5. The van der Waals surface area contributed by atoms with Gasteiger partial charge in [0.2, 0.25) is 0 Å².